The van der Waals surface area contributed by atoms with Crippen LogP contribution in [-0.4, -0.2) is 20.7 Å². The minimum atomic E-state index is -1.55. The summed E-state index contributed by atoms with van der Waals surface area (Å²) in [5, 5.41) is 18.6. The zero-order chi connectivity index (χ0) is 14.5. The Kier molecular flexibility index (Phi) is 5.23. The van der Waals surface area contributed by atoms with Crippen LogP contribution < -0.4 is 5.56 Å². The molecule has 0 unspecified atom stereocenters. The molecule has 0 amide bonds. The number of hydrogen-bond donors (Lipinski definition) is 1. The topological polar surface area (TPSA) is 102 Å². The number of hydrogen-bond acceptors (Lipinski definition) is 4. The summed E-state index contributed by atoms with van der Waals surface area (Å²) in [5.41, 5.74) is -1.41. The van der Waals surface area contributed by atoms with Gasteiger partial charge in [0.2, 0.25) is 0 Å². The highest BCUT2D eigenvalue weighted by Gasteiger charge is 2.15. The van der Waals surface area contributed by atoms with Gasteiger partial charge in [0.05, 0.1) is 4.92 Å². The van der Waals surface area contributed by atoms with Gasteiger partial charge in [-0.3, -0.25) is 14.9 Å². The first-order valence-corrected chi connectivity index (χ1v) is 5.13. The van der Waals surface area contributed by atoms with Crippen LogP contribution in [0, 0.1) is 15.5 Å². The van der Waals surface area contributed by atoms with Crippen molar-refractivity contribution in [2.24, 2.45) is 5.41 Å². The van der Waals surface area contributed by atoms with E-state index in [-0.39, 0.29) is 4.57 Å². The second kappa shape index (κ2) is 5.95. The molecule has 1 heterocycles. The number of carboxylic acid groups (broad SMARTS) is 1. The summed E-state index contributed by atoms with van der Waals surface area (Å²) in [7, 11) is 0. The molecule has 1 aromatic heterocycles. The molecule has 0 fully saturated rings. The highest BCUT2D eigenvalue weighted by atomic mass is 16.6. The van der Waals surface area contributed by atoms with E-state index in [2.05, 4.69) is 27.7 Å². The number of aromatic nitrogens is 1. The second-order valence-electron chi connectivity index (χ2n) is 5.11. The molecule has 0 aromatic carbocycles. The Morgan fingerprint density at radius 2 is 1.83 bits per heavy atom. The summed E-state index contributed by atoms with van der Waals surface area (Å²) in [6.45, 7) is 8.75. The maximum atomic E-state index is 11.0. The lowest BCUT2D eigenvalue weighted by atomic mass is 10.0. The zero-order valence-corrected chi connectivity index (χ0v) is 10.7. The second-order valence-corrected chi connectivity index (χ2v) is 5.11. The van der Waals surface area contributed by atoms with Crippen molar-refractivity contribution in [1.82, 2.24) is 4.57 Å². The van der Waals surface area contributed by atoms with Crippen LogP contribution >= 0.6 is 0 Å². The summed E-state index contributed by atoms with van der Waals surface area (Å²) in [5.74, 6) is 0. The Balaban J connectivity index is 0.000000494. The van der Waals surface area contributed by atoms with E-state index in [1.807, 2.05) is 0 Å². The molecule has 0 spiro atoms. The van der Waals surface area contributed by atoms with Gasteiger partial charge in [0.25, 0.3) is 0 Å². The van der Waals surface area contributed by atoms with Crippen LogP contribution in [0.1, 0.15) is 27.7 Å². The lowest BCUT2D eigenvalue weighted by Gasteiger charge is -2.05. The zero-order valence-electron chi connectivity index (χ0n) is 10.7. The first-order valence-electron chi connectivity index (χ1n) is 5.13. The summed E-state index contributed by atoms with van der Waals surface area (Å²) in [6, 6.07) is 2.06. The third-order valence-electron chi connectivity index (χ3n) is 1.33. The van der Waals surface area contributed by atoms with E-state index in [0.29, 0.717) is 5.41 Å². The van der Waals surface area contributed by atoms with E-state index in [0.717, 1.165) is 18.3 Å². The summed E-state index contributed by atoms with van der Waals surface area (Å²) in [4.78, 5) is 30.6. The van der Waals surface area contributed by atoms with Crippen molar-refractivity contribution in [1.29, 1.82) is 0 Å². The van der Waals surface area contributed by atoms with Crippen LogP contribution in [0.2, 0.25) is 0 Å². The van der Waals surface area contributed by atoms with E-state index in [1.54, 1.807) is 0 Å². The Morgan fingerprint density at radius 1 is 1.39 bits per heavy atom. The Bertz CT molecular complexity index is 458. The lowest BCUT2D eigenvalue weighted by Crippen LogP contribution is -2.26. The molecule has 1 aromatic rings. The smallest absolute Gasteiger partial charge is 0.418 e. The predicted octanol–water partition coefficient (Wildman–Crippen LogP) is 2.33. The first-order chi connectivity index (χ1) is 8.04. The molecule has 1 N–H and O–H groups in total. The van der Waals surface area contributed by atoms with Gasteiger partial charge in [-0.15, -0.1) is 0 Å². The van der Waals surface area contributed by atoms with Crippen molar-refractivity contribution in [3.05, 3.63) is 38.8 Å². The van der Waals surface area contributed by atoms with Crippen LogP contribution in [0.15, 0.2) is 23.1 Å². The van der Waals surface area contributed by atoms with Gasteiger partial charge < -0.3 is 5.11 Å². The molecule has 18 heavy (non-hydrogen) atoms. The fraction of sp³-hybridized carbons (Fsp3) is 0.455. The lowest BCUT2D eigenvalue weighted by molar-refractivity contribution is -0.386. The Labute approximate surface area is 104 Å². The summed E-state index contributed by atoms with van der Waals surface area (Å²) >= 11 is 0. The van der Waals surface area contributed by atoms with Gasteiger partial charge in [-0.1, -0.05) is 27.7 Å². The maximum Gasteiger partial charge on any atom is 0.418 e. The number of rotatable bonds is 1. The molecule has 0 radical (unpaired) electrons. The van der Waals surface area contributed by atoms with Gasteiger partial charge in [0, 0.05) is 12.3 Å². The van der Waals surface area contributed by atoms with Crippen molar-refractivity contribution >= 4 is 11.8 Å². The minimum Gasteiger partial charge on any atom is -0.464 e. The third-order valence-corrected chi connectivity index (χ3v) is 1.33. The van der Waals surface area contributed by atoms with Crippen LogP contribution in [0.5, 0.6) is 0 Å². The van der Waals surface area contributed by atoms with Crippen molar-refractivity contribution in [3.8, 4) is 0 Å². The average Bonchev–Trinajstić information content (AvgIpc) is 2.14. The van der Waals surface area contributed by atoms with E-state index < -0.39 is 22.3 Å². The molecule has 1 rings (SSSR count). The molecule has 0 aliphatic carbocycles. The molecule has 7 nitrogen and oxygen atoms in total. The highest BCUT2D eigenvalue weighted by molar-refractivity contribution is 5.68. The fourth-order valence-corrected chi connectivity index (χ4v) is 0.772. The number of pyridine rings is 1. The van der Waals surface area contributed by atoms with Crippen LogP contribution in [0.3, 0.4) is 0 Å². The van der Waals surface area contributed by atoms with E-state index in [1.165, 1.54) is 0 Å². The third kappa shape index (κ3) is 5.78. The van der Waals surface area contributed by atoms with Crippen molar-refractivity contribution < 1.29 is 14.8 Å². The first kappa shape index (κ1) is 15.8. The molecule has 0 aliphatic rings. The van der Waals surface area contributed by atoms with Crippen LogP contribution in [0.4, 0.5) is 10.5 Å². The number of carbonyl (C=O) groups is 1. The van der Waals surface area contributed by atoms with Crippen LogP contribution in [0.25, 0.3) is 0 Å². The molecule has 7 heteroatoms. The predicted molar refractivity (Wildman–Crippen MR) is 65.9 cm³/mol. The van der Waals surface area contributed by atoms with Crippen molar-refractivity contribution in [3.63, 3.8) is 0 Å². The molecule has 100 valence electrons. The van der Waals surface area contributed by atoms with E-state index in [4.69, 9.17) is 5.11 Å². The van der Waals surface area contributed by atoms with E-state index >= 15 is 0 Å². The van der Waals surface area contributed by atoms with E-state index in [9.17, 15) is 19.7 Å². The molecule has 0 saturated heterocycles. The number of nitro groups is 1. The van der Waals surface area contributed by atoms with Gasteiger partial charge >= 0.3 is 17.3 Å². The van der Waals surface area contributed by atoms with Gasteiger partial charge in [0.15, 0.2) is 0 Å². The molecule has 0 atom stereocenters. The number of nitrogens with zero attached hydrogens (tertiary/aromatic N) is 2. The van der Waals surface area contributed by atoms with Gasteiger partial charge in [-0.2, -0.15) is 0 Å². The van der Waals surface area contributed by atoms with Crippen molar-refractivity contribution in [2.75, 3.05) is 0 Å². The quantitative estimate of drug-likeness (QED) is 0.613. The molecule has 0 bridgehead atoms. The minimum absolute atomic E-state index is 0.248. The molecular formula is C11H16N2O5. The molecule has 0 aliphatic heterocycles. The normalized spacial score (nSPS) is 10.2. The van der Waals surface area contributed by atoms with Crippen molar-refractivity contribution in [2.45, 2.75) is 27.7 Å². The Morgan fingerprint density at radius 3 is 2.17 bits per heavy atom. The summed E-state index contributed by atoms with van der Waals surface area (Å²) < 4.78 is 0.248. The van der Waals surface area contributed by atoms with Gasteiger partial charge in [-0.25, -0.2) is 9.36 Å². The summed E-state index contributed by atoms with van der Waals surface area (Å²) in [6.07, 6.45) is -0.605. The van der Waals surface area contributed by atoms with Gasteiger partial charge in [-0.05, 0) is 11.5 Å². The van der Waals surface area contributed by atoms with Gasteiger partial charge in [0.1, 0.15) is 0 Å². The highest BCUT2D eigenvalue weighted by Crippen LogP contribution is 2.08. The molecular weight excluding hydrogens is 240 g/mol. The average molecular weight is 256 g/mol. The Hall–Kier alpha value is -2.18. The van der Waals surface area contributed by atoms with Crippen LogP contribution in [-0.2, 0) is 0 Å². The monoisotopic (exact) mass is 256 g/mol. The fourth-order valence-electron chi connectivity index (χ4n) is 0.772. The molecule has 0 saturated carbocycles. The maximum absolute atomic E-state index is 11.0. The standard InChI is InChI=1S/C6H4N2O5.C5H12/c9-5-4(8(12)13)2-1-3-7(5)6(10)11;1-5(2,3)4/h1-3H,(H,10,11);1-4H3. The SMILES string of the molecule is CC(C)(C)C.O=C(O)n1cccc([N+](=O)[O-])c1=O. The largest absolute Gasteiger partial charge is 0.464 e.